The van der Waals surface area contributed by atoms with Crippen molar-refractivity contribution in [1.82, 2.24) is 0 Å². The van der Waals surface area contributed by atoms with Gasteiger partial charge in [0.2, 0.25) is 0 Å². The van der Waals surface area contributed by atoms with Crippen molar-refractivity contribution in [3.8, 4) is 0 Å². The second-order valence-electron chi connectivity index (χ2n) is 19.1. The second kappa shape index (κ2) is 9.71. The largest absolute Gasteiger partial charge is 0.481 e. The molecule has 5 heteroatoms. The minimum Gasteiger partial charge on any atom is -0.481 e. The fraction of sp³-hybridized carbons (Fsp3) is 0.875. The Morgan fingerprint density at radius 1 is 0.711 bits per heavy atom. The Labute approximate surface area is 270 Å². The van der Waals surface area contributed by atoms with Crippen LogP contribution in [0.2, 0.25) is 0 Å². The fourth-order valence-corrected chi connectivity index (χ4v) is 15.8. The maximum atomic E-state index is 14.6. The van der Waals surface area contributed by atoms with Crippen molar-refractivity contribution >= 4 is 17.7 Å². The minimum absolute atomic E-state index is 0.0385. The number of allylic oxidation sites excluding steroid dienone is 2. The smallest absolute Gasteiger partial charge is 0.309 e. The number of hydrogen-bond acceptors (Lipinski definition) is 3. The molecule has 7 fully saturated rings. The molecule has 0 aromatic carbocycles. The Bertz CT molecular complexity index is 1350. The number of carbonyl (C=O) groups is 3. The monoisotopic (exact) mass is 618 g/mol. The molecular weight excluding hydrogens is 560 g/mol. The number of carbonyl (C=O) groups excluding carboxylic acids is 1. The number of ketones is 1. The highest BCUT2D eigenvalue weighted by Crippen LogP contribution is 2.73. The van der Waals surface area contributed by atoms with Crippen LogP contribution in [0, 0.1) is 73.9 Å². The van der Waals surface area contributed by atoms with Gasteiger partial charge in [0.05, 0.1) is 10.8 Å². The quantitative estimate of drug-likeness (QED) is 0.300. The standard InChI is InChI=1S/C40H58O5/c1-35-15-5-17-37(3,33(42)43)28(35)13-19-39-21-24(25(22-39)8-11-30(35)39)7-10-27-26-9-12-31-36(2)16-6-18-38(4,34(44)45)29(36)14-20-40(31,23-26)32(27)41/h21,25-31H,5-20,22-23H2,1-4H3,(H,42,43)(H,44,45)/t25-,26+,27-,28?,29?,30?,31?,35-,36-,37-,38-,39?,40-/m1/s1. The first-order valence-corrected chi connectivity index (χ1v) is 19.0. The fourth-order valence-electron chi connectivity index (χ4n) is 15.8. The van der Waals surface area contributed by atoms with Crippen molar-refractivity contribution < 1.29 is 24.6 Å². The molecule has 8 aliphatic carbocycles. The SMILES string of the molecule is C[C@@]12CCC[C@@](C)(C(=O)O)C1CCC13C=C(CC[C@H]4C(=O)[C@@]56CCC7[C@@](C)(CCC[C@@]7(C)C(=O)O)C5CC[C@H]4C6)[C@H](CCC12)C3. The third-order valence-corrected chi connectivity index (χ3v) is 17.7. The Kier molecular flexibility index (Phi) is 6.62. The van der Waals surface area contributed by atoms with E-state index in [4.69, 9.17) is 0 Å². The molecule has 0 aromatic rings. The van der Waals surface area contributed by atoms with Gasteiger partial charge in [-0.2, -0.15) is 0 Å². The first-order chi connectivity index (χ1) is 21.2. The molecule has 5 unspecified atom stereocenters. The summed E-state index contributed by atoms with van der Waals surface area (Å²) in [6.45, 7) is 8.89. The number of rotatable bonds is 5. The average Bonchev–Trinajstić information content (AvgIpc) is 3.35. The first kappa shape index (κ1) is 30.7. The van der Waals surface area contributed by atoms with Crippen LogP contribution in [0.4, 0.5) is 0 Å². The molecule has 4 bridgehead atoms. The first-order valence-electron chi connectivity index (χ1n) is 19.0. The lowest BCUT2D eigenvalue weighted by Crippen LogP contribution is -2.59. The highest BCUT2D eigenvalue weighted by Gasteiger charge is 2.69. The van der Waals surface area contributed by atoms with Gasteiger partial charge in [-0.1, -0.05) is 38.3 Å². The van der Waals surface area contributed by atoms with E-state index < -0.39 is 22.8 Å². The van der Waals surface area contributed by atoms with E-state index >= 15 is 0 Å². The van der Waals surface area contributed by atoms with Crippen molar-refractivity contribution in [3.05, 3.63) is 11.6 Å². The van der Waals surface area contributed by atoms with E-state index in [1.54, 1.807) is 5.57 Å². The Morgan fingerprint density at radius 2 is 1.31 bits per heavy atom. The number of aliphatic carboxylic acids is 2. The third-order valence-electron chi connectivity index (χ3n) is 17.7. The Hall–Kier alpha value is -1.65. The molecule has 0 amide bonds. The van der Waals surface area contributed by atoms with E-state index in [1.165, 1.54) is 25.7 Å². The lowest BCUT2D eigenvalue weighted by atomic mass is 9.41. The van der Waals surface area contributed by atoms with Crippen LogP contribution in [0.5, 0.6) is 0 Å². The molecule has 5 nitrogen and oxygen atoms in total. The van der Waals surface area contributed by atoms with Gasteiger partial charge in [-0.15, -0.1) is 0 Å². The molecule has 248 valence electrons. The van der Waals surface area contributed by atoms with E-state index in [-0.39, 0.29) is 39.4 Å². The molecule has 45 heavy (non-hydrogen) atoms. The highest BCUT2D eigenvalue weighted by atomic mass is 16.4. The Balaban J connectivity index is 1.01. The van der Waals surface area contributed by atoms with Crippen LogP contribution >= 0.6 is 0 Å². The van der Waals surface area contributed by atoms with Gasteiger partial charge in [0.25, 0.3) is 0 Å². The molecule has 13 atom stereocenters. The molecule has 8 aliphatic rings. The van der Waals surface area contributed by atoms with Crippen molar-refractivity contribution in [3.63, 3.8) is 0 Å². The number of hydrogen-bond donors (Lipinski definition) is 2. The Morgan fingerprint density at radius 3 is 1.96 bits per heavy atom. The number of Topliss-reactive ketones (excluding diaryl/α,β-unsaturated/α-hetero) is 1. The highest BCUT2D eigenvalue weighted by molar-refractivity contribution is 5.90. The van der Waals surface area contributed by atoms with E-state index in [9.17, 15) is 24.6 Å². The molecule has 7 saturated carbocycles. The average molecular weight is 619 g/mol. The van der Waals surface area contributed by atoms with E-state index in [0.717, 1.165) is 89.9 Å². The summed E-state index contributed by atoms with van der Waals surface area (Å²) in [5.41, 5.74) is 0.501. The summed E-state index contributed by atoms with van der Waals surface area (Å²) in [4.78, 5) is 39.7. The molecule has 0 radical (unpaired) electrons. The van der Waals surface area contributed by atoms with E-state index in [0.29, 0.717) is 29.5 Å². The van der Waals surface area contributed by atoms with Gasteiger partial charge in [-0.3, -0.25) is 14.4 Å². The lowest BCUT2D eigenvalue weighted by Gasteiger charge is -2.63. The molecule has 8 rings (SSSR count). The van der Waals surface area contributed by atoms with E-state index in [2.05, 4.69) is 19.9 Å². The molecule has 0 aliphatic heterocycles. The summed E-state index contributed by atoms with van der Waals surface area (Å²) in [6, 6.07) is 0. The summed E-state index contributed by atoms with van der Waals surface area (Å²) in [7, 11) is 0. The van der Waals surface area contributed by atoms with Crippen LogP contribution in [0.1, 0.15) is 143 Å². The maximum Gasteiger partial charge on any atom is 0.309 e. The zero-order valence-electron chi connectivity index (χ0n) is 28.5. The van der Waals surface area contributed by atoms with Gasteiger partial charge in [0.1, 0.15) is 5.78 Å². The molecule has 2 N–H and O–H groups in total. The van der Waals surface area contributed by atoms with Crippen molar-refractivity contribution in [2.75, 3.05) is 0 Å². The minimum atomic E-state index is -0.656. The van der Waals surface area contributed by atoms with Gasteiger partial charge in [-0.25, -0.2) is 0 Å². The van der Waals surface area contributed by atoms with Crippen LogP contribution in [0.3, 0.4) is 0 Å². The van der Waals surface area contributed by atoms with Crippen molar-refractivity contribution in [2.24, 2.45) is 73.9 Å². The summed E-state index contributed by atoms with van der Waals surface area (Å²) in [5, 5.41) is 20.6. The normalized spacial score (nSPS) is 54.7. The van der Waals surface area contributed by atoms with Gasteiger partial charge >= 0.3 is 11.9 Å². The van der Waals surface area contributed by atoms with Crippen LogP contribution < -0.4 is 0 Å². The van der Waals surface area contributed by atoms with Crippen LogP contribution in [-0.4, -0.2) is 27.9 Å². The lowest BCUT2D eigenvalue weighted by molar-refractivity contribution is -0.182. The maximum absolute atomic E-state index is 14.6. The van der Waals surface area contributed by atoms with Gasteiger partial charge in [0, 0.05) is 11.3 Å². The van der Waals surface area contributed by atoms with E-state index in [1.807, 2.05) is 13.8 Å². The van der Waals surface area contributed by atoms with Gasteiger partial charge in [-0.05, 0) is 168 Å². The third kappa shape index (κ3) is 3.82. The van der Waals surface area contributed by atoms with Crippen LogP contribution in [-0.2, 0) is 14.4 Å². The number of carboxylic acid groups (broad SMARTS) is 2. The predicted molar refractivity (Wildman–Crippen MR) is 173 cm³/mol. The molecule has 2 spiro atoms. The van der Waals surface area contributed by atoms with Gasteiger partial charge in [0.15, 0.2) is 0 Å². The molecule has 0 heterocycles. The second-order valence-corrected chi connectivity index (χ2v) is 19.1. The van der Waals surface area contributed by atoms with Crippen molar-refractivity contribution in [1.29, 1.82) is 0 Å². The zero-order valence-corrected chi connectivity index (χ0v) is 28.5. The van der Waals surface area contributed by atoms with Crippen LogP contribution in [0.25, 0.3) is 0 Å². The summed E-state index contributed by atoms with van der Waals surface area (Å²) < 4.78 is 0. The molecule has 0 saturated heterocycles. The van der Waals surface area contributed by atoms with Crippen LogP contribution in [0.15, 0.2) is 11.6 Å². The number of carboxylic acids is 2. The summed E-state index contributed by atoms with van der Waals surface area (Å²) >= 11 is 0. The zero-order chi connectivity index (χ0) is 31.8. The molecular formula is C40H58O5. The molecule has 0 aromatic heterocycles. The summed E-state index contributed by atoms with van der Waals surface area (Å²) in [5.74, 6) is 2.11. The topological polar surface area (TPSA) is 91.7 Å². The van der Waals surface area contributed by atoms with Crippen molar-refractivity contribution in [2.45, 2.75) is 143 Å². The number of fused-ring (bicyclic) bond motifs is 6. The van der Waals surface area contributed by atoms with Gasteiger partial charge < -0.3 is 10.2 Å². The predicted octanol–water partition coefficient (Wildman–Crippen LogP) is 9.09. The summed E-state index contributed by atoms with van der Waals surface area (Å²) in [6.07, 6.45) is 21.7.